The van der Waals surface area contributed by atoms with Gasteiger partial charge in [0.1, 0.15) is 5.82 Å². The van der Waals surface area contributed by atoms with Crippen LogP contribution in [0, 0.1) is 6.92 Å². The molecule has 1 atom stereocenters. The van der Waals surface area contributed by atoms with Crippen LogP contribution in [0.5, 0.6) is 0 Å². The van der Waals surface area contributed by atoms with Crippen LogP contribution in [-0.2, 0) is 11.3 Å². The summed E-state index contributed by atoms with van der Waals surface area (Å²) in [5.74, 6) is 1.09. The molecule has 1 unspecified atom stereocenters. The Morgan fingerprint density at radius 3 is 2.15 bits per heavy atom. The number of nitrogens with zero attached hydrogens (tertiary/aromatic N) is 5. The zero-order chi connectivity index (χ0) is 32.0. The van der Waals surface area contributed by atoms with Crippen LogP contribution in [0.1, 0.15) is 28.3 Å². The molecule has 1 fully saturated rings. The van der Waals surface area contributed by atoms with Crippen molar-refractivity contribution >= 4 is 22.6 Å². The Morgan fingerprint density at radius 1 is 0.766 bits per heavy atom. The van der Waals surface area contributed by atoms with Crippen LogP contribution in [-0.4, -0.2) is 58.4 Å². The van der Waals surface area contributed by atoms with Gasteiger partial charge in [0.2, 0.25) is 5.91 Å². The first kappa shape index (κ1) is 30.3. The van der Waals surface area contributed by atoms with Gasteiger partial charge < -0.3 is 9.80 Å². The molecule has 0 spiro atoms. The van der Waals surface area contributed by atoms with Crippen molar-refractivity contribution in [3.63, 3.8) is 0 Å². The minimum Gasteiger partial charge on any atom is -0.353 e. The van der Waals surface area contributed by atoms with E-state index in [1.807, 2.05) is 41.4 Å². The number of carbonyl (C=O) groups is 1. The fraction of sp³-hybridized carbons (Fsp3) is 0.195. The Bertz CT molecular complexity index is 1930. The number of benzene rings is 4. The average molecular weight is 618 g/mol. The summed E-state index contributed by atoms with van der Waals surface area (Å²) in [6, 6.07) is 45.9. The molecule has 6 heteroatoms. The third-order valence-electron chi connectivity index (χ3n) is 8.99. The lowest BCUT2D eigenvalue weighted by Gasteiger charge is -2.38. The predicted octanol–water partition coefficient (Wildman–Crippen LogP) is 7.55. The molecule has 0 aliphatic carbocycles. The van der Waals surface area contributed by atoms with Crippen LogP contribution in [0.3, 0.4) is 0 Å². The summed E-state index contributed by atoms with van der Waals surface area (Å²) in [6.45, 7) is 5.85. The van der Waals surface area contributed by atoms with E-state index >= 15 is 0 Å². The van der Waals surface area contributed by atoms with Crippen LogP contribution in [0.2, 0.25) is 0 Å². The van der Waals surface area contributed by atoms with E-state index in [9.17, 15) is 4.79 Å². The van der Waals surface area contributed by atoms with Crippen LogP contribution >= 0.6 is 0 Å². The fourth-order valence-electron chi connectivity index (χ4n) is 6.63. The Morgan fingerprint density at radius 2 is 1.45 bits per heavy atom. The summed E-state index contributed by atoms with van der Waals surface area (Å²) in [5, 5.41) is 1.09. The summed E-state index contributed by atoms with van der Waals surface area (Å²) in [6.07, 6.45) is 1.82. The molecule has 0 saturated carbocycles. The van der Waals surface area contributed by atoms with Gasteiger partial charge in [0.05, 0.1) is 23.8 Å². The summed E-state index contributed by atoms with van der Waals surface area (Å²) in [4.78, 5) is 30.7. The highest BCUT2D eigenvalue weighted by Gasteiger charge is 2.31. The van der Waals surface area contributed by atoms with E-state index in [0.29, 0.717) is 19.6 Å². The lowest BCUT2D eigenvalue weighted by molar-refractivity contribution is -0.133. The van der Waals surface area contributed by atoms with Gasteiger partial charge in [-0.25, -0.2) is 9.97 Å². The number of aryl methyl sites for hydroxylation is 1. The largest absolute Gasteiger partial charge is 0.353 e. The van der Waals surface area contributed by atoms with Crippen molar-refractivity contribution in [2.24, 2.45) is 0 Å². The second kappa shape index (κ2) is 14.0. The summed E-state index contributed by atoms with van der Waals surface area (Å²) in [7, 11) is 0. The van der Waals surface area contributed by atoms with Crippen molar-refractivity contribution in [2.75, 3.05) is 37.6 Å². The molecule has 47 heavy (non-hydrogen) atoms. The minimum atomic E-state index is -0.220. The number of pyridine rings is 2. The van der Waals surface area contributed by atoms with E-state index < -0.39 is 0 Å². The summed E-state index contributed by atoms with van der Waals surface area (Å²) >= 11 is 0. The highest BCUT2D eigenvalue weighted by atomic mass is 16.2. The molecule has 1 amide bonds. The molecule has 1 saturated heterocycles. The van der Waals surface area contributed by atoms with Gasteiger partial charge in [-0.1, -0.05) is 109 Å². The van der Waals surface area contributed by atoms with E-state index in [-0.39, 0.29) is 18.5 Å². The highest BCUT2D eigenvalue weighted by Crippen LogP contribution is 2.38. The maximum absolute atomic E-state index is 14.3. The number of piperazine rings is 1. The average Bonchev–Trinajstić information content (AvgIpc) is 3.13. The third kappa shape index (κ3) is 6.93. The highest BCUT2D eigenvalue weighted by molar-refractivity contribution is 5.85. The second-order valence-corrected chi connectivity index (χ2v) is 12.2. The lowest BCUT2D eigenvalue weighted by atomic mass is 9.91. The smallest absolute Gasteiger partial charge is 0.236 e. The van der Waals surface area contributed by atoms with Gasteiger partial charge in [0.25, 0.3) is 0 Å². The third-order valence-corrected chi connectivity index (χ3v) is 8.99. The minimum absolute atomic E-state index is 0.133. The Balaban J connectivity index is 1.30. The van der Waals surface area contributed by atoms with Crippen molar-refractivity contribution in [1.82, 2.24) is 19.8 Å². The van der Waals surface area contributed by atoms with Crippen LogP contribution in [0.15, 0.2) is 140 Å². The van der Waals surface area contributed by atoms with Crippen molar-refractivity contribution < 1.29 is 4.79 Å². The monoisotopic (exact) mass is 617 g/mol. The van der Waals surface area contributed by atoms with E-state index in [0.717, 1.165) is 57.8 Å². The maximum atomic E-state index is 14.3. The lowest BCUT2D eigenvalue weighted by Crippen LogP contribution is -2.51. The van der Waals surface area contributed by atoms with Gasteiger partial charge in [-0.3, -0.25) is 9.69 Å². The molecule has 0 N–H and O–H groups in total. The number of anilines is 1. The Labute approximate surface area is 277 Å². The molecule has 6 aromatic rings. The molecule has 1 aliphatic rings. The number of hydrogen-bond donors (Lipinski definition) is 0. The molecule has 0 radical (unpaired) electrons. The fourth-order valence-corrected chi connectivity index (χ4v) is 6.63. The number of hydrogen-bond acceptors (Lipinski definition) is 5. The van der Waals surface area contributed by atoms with Gasteiger partial charge in [0.15, 0.2) is 0 Å². The van der Waals surface area contributed by atoms with Crippen molar-refractivity contribution in [1.29, 1.82) is 0 Å². The van der Waals surface area contributed by atoms with Crippen LogP contribution in [0.25, 0.3) is 22.2 Å². The molecule has 7 rings (SSSR count). The standard InChI is InChI=1S/C41H39N5O/c1-31-20-21-37-35(27-31)28-36(40(43-37)33-15-7-3-8-16-33)41(34-17-9-4-10-18-34)46(29-32-13-5-2-6-14-32)30-39(47)45-25-23-44(24-26-45)38-19-11-12-22-42-38/h2-22,27-28,41H,23-26,29-30H2,1H3. The number of carbonyl (C=O) groups excluding carboxylic acids is 1. The Hall–Kier alpha value is -5.33. The van der Waals surface area contributed by atoms with Crippen molar-refractivity contribution in [2.45, 2.75) is 19.5 Å². The molecule has 2 aromatic heterocycles. The number of aromatic nitrogens is 2. The first-order chi connectivity index (χ1) is 23.1. The second-order valence-electron chi connectivity index (χ2n) is 12.2. The molecule has 1 aliphatic heterocycles. The maximum Gasteiger partial charge on any atom is 0.236 e. The van der Waals surface area contributed by atoms with Gasteiger partial charge in [0, 0.05) is 55.4 Å². The molecule has 4 aromatic carbocycles. The SMILES string of the molecule is Cc1ccc2nc(-c3ccccc3)c(C(c3ccccc3)N(CC(=O)N3CCN(c4ccccn4)CC3)Cc3ccccc3)cc2c1. The summed E-state index contributed by atoms with van der Waals surface area (Å²) in [5.41, 5.74) is 7.52. The normalized spacial score (nSPS) is 14.0. The van der Waals surface area contributed by atoms with Gasteiger partial charge in [-0.05, 0) is 48.4 Å². The van der Waals surface area contributed by atoms with Crippen LogP contribution < -0.4 is 4.90 Å². The molecule has 3 heterocycles. The van der Waals surface area contributed by atoms with E-state index in [2.05, 4.69) is 125 Å². The van der Waals surface area contributed by atoms with Gasteiger partial charge in [-0.15, -0.1) is 0 Å². The van der Waals surface area contributed by atoms with Gasteiger partial charge in [-0.2, -0.15) is 0 Å². The van der Waals surface area contributed by atoms with Gasteiger partial charge >= 0.3 is 0 Å². The summed E-state index contributed by atoms with van der Waals surface area (Å²) < 4.78 is 0. The quantitative estimate of drug-likeness (QED) is 0.168. The van der Waals surface area contributed by atoms with Crippen LogP contribution in [0.4, 0.5) is 5.82 Å². The van der Waals surface area contributed by atoms with E-state index in [1.54, 1.807) is 0 Å². The molecular weight excluding hydrogens is 578 g/mol. The number of amides is 1. The topological polar surface area (TPSA) is 52.6 Å². The van der Waals surface area contributed by atoms with Crippen molar-refractivity contribution in [3.8, 4) is 11.3 Å². The first-order valence-electron chi connectivity index (χ1n) is 16.4. The van der Waals surface area contributed by atoms with E-state index in [4.69, 9.17) is 4.98 Å². The first-order valence-corrected chi connectivity index (χ1v) is 16.4. The van der Waals surface area contributed by atoms with Crippen molar-refractivity contribution in [3.05, 3.63) is 162 Å². The molecule has 6 nitrogen and oxygen atoms in total. The molecule has 0 bridgehead atoms. The number of rotatable bonds is 9. The Kier molecular flexibility index (Phi) is 9.02. The zero-order valence-electron chi connectivity index (χ0n) is 26.7. The number of fused-ring (bicyclic) bond motifs is 1. The molecular formula is C41H39N5O. The molecule has 234 valence electrons. The zero-order valence-corrected chi connectivity index (χ0v) is 26.7. The van der Waals surface area contributed by atoms with E-state index in [1.165, 1.54) is 5.56 Å². The predicted molar refractivity (Wildman–Crippen MR) is 190 cm³/mol.